The van der Waals surface area contributed by atoms with E-state index in [4.69, 9.17) is 10.5 Å². The largest absolute Gasteiger partial charge is 0.382 e. The molecule has 0 heterocycles. The molecule has 0 spiro atoms. The van der Waals surface area contributed by atoms with Crippen LogP contribution >= 0.6 is 0 Å². The van der Waals surface area contributed by atoms with Crippen LogP contribution in [0.4, 0.5) is 10.1 Å². The maximum absolute atomic E-state index is 12.8. The first kappa shape index (κ1) is 13.9. The Kier molecular flexibility index (Phi) is 4.90. The predicted molar refractivity (Wildman–Crippen MR) is 68.5 cm³/mol. The number of hydrogen-bond donors (Lipinski definition) is 2. The SMILES string of the molecule is COCC(CN)(Nc1ccc(F)cc1)C(C)C. The van der Waals surface area contributed by atoms with Crippen molar-refractivity contribution in [3.8, 4) is 0 Å². The topological polar surface area (TPSA) is 47.3 Å². The molecule has 3 nitrogen and oxygen atoms in total. The molecule has 0 amide bonds. The molecule has 0 aromatic heterocycles. The first-order valence-corrected chi connectivity index (χ1v) is 5.77. The molecular formula is C13H21FN2O. The number of nitrogens with one attached hydrogen (secondary N) is 1. The summed E-state index contributed by atoms with van der Waals surface area (Å²) in [5.41, 5.74) is 6.38. The molecule has 1 unspecified atom stereocenters. The molecule has 17 heavy (non-hydrogen) atoms. The maximum atomic E-state index is 12.8. The Morgan fingerprint density at radius 3 is 2.35 bits per heavy atom. The third kappa shape index (κ3) is 3.41. The van der Waals surface area contributed by atoms with Crippen molar-refractivity contribution in [1.29, 1.82) is 0 Å². The second-order valence-corrected chi connectivity index (χ2v) is 4.58. The molecule has 4 heteroatoms. The van der Waals surface area contributed by atoms with Gasteiger partial charge < -0.3 is 15.8 Å². The quantitative estimate of drug-likeness (QED) is 0.801. The smallest absolute Gasteiger partial charge is 0.123 e. The molecule has 0 aliphatic rings. The fraction of sp³-hybridized carbons (Fsp3) is 0.538. The van der Waals surface area contributed by atoms with Crippen molar-refractivity contribution in [2.45, 2.75) is 19.4 Å². The summed E-state index contributed by atoms with van der Waals surface area (Å²) in [5, 5.41) is 3.35. The van der Waals surface area contributed by atoms with Crippen LogP contribution < -0.4 is 11.1 Å². The van der Waals surface area contributed by atoms with Crippen molar-refractivity contribution in [2.24, 2.45) is 11.7 Å². The highest BCUT2D eigenvalue weighted by Crippen LogP contribution is 2.23. The molecule has 3 N–H and O–H groups in total. The summed E-state index contributed by atoms with van der Waals surface area (Å²) in [5.74, 6) is 0.0580. The molecule has 1 atom stereocenters. The average molecular weight is 240 g/mol. The number of nitrogens with two attached hydrogens (primary N) is 1. The van der Waals surface area contributed by atoms with Crippen molar-refractivity contribution in [3.63, 3.8) is 0 Å². The van der Waals surface area contributed by atoms with Gasteiger partial charge in [0.25, 0.3) is 0 Å². The lowest BCUT2D eigenvalue weighted by Crippen LogP contribution is -2.53. The van der Waals surface area contributed by atoms with Gasteiger partial charge in [0.1, 0.15) is 5.82 Å². The molecule has 96 valence electrons. The first-order valence-electron chi connectivity index (χ1n) is 5.77. The number of anilines is 1. The standard InChI is InChI=1S/C13H21FN2O/c1-10(2)13(8-15,9-17-3)16-12-6-4-11(14)5-7-12/h4-7,10,16H,8-9,15H2,1-3H3. The third-order valence-electron chi connectivity index (χ3n) is 3.11. The van der Waals surface area contributed by atoms with Gasteiger partial charge in [0, 0.05) is 19.3 Å². The Hall–Kier alpha value is -1.13. The Bertz CT molecular complexity index is 340. The van der Waals surface area contributed by atoms with Gasteiger partial charge >= 0.3 is 0 Å². The zero-order valence-electron chi connectivity index (χ0n) is 10.7. The molecule has 1 aromatic rings. The molecule has 0 aliphatic carbocycles. The van der Waals surface area contributed by atoms with E-state index in [-0.39, 0.29) is 11.4 Å². The highest BCUT2D eigenvalue weighted by Gasteiger charge is 2.32. The second-order valence-electron chi connectivity index (χ2n) is 4.58. The fourth-order valence-electron chi connectivity index (χ4n) is 1.77. The molecule has 0 saturated heterocycles. The van der Waals surface area contributed by atoms with E-state index in [1.165, 1.54) is 12.1 Å². The van der Waals surface area contributed by atoms with E-state index < -0.39 is 0 Å². The number of hydrogen-bond acceptors (Lipinski definition) is 3. The Morgan fingerprint density at radius 1 is 1.35 bits per heavy atom. The van der Waals surface area contributed by atoms with Crippen LogP contribution in [0.15, 0.2) is 24.3 Å². The van der Waals surface area contributed by atoms with Crippen molar-refractivity contribution >= 4 is 5.69 Å². The number of halogens is 1. The maximum Gasteiger partial charge on any atom is 0.123 e. The van der Waals surface area contributed by atoms with Crippen LogP contribution in [0.2, 0.25) is 0 Å². The van der Waals surface area contributed by atoms with Crippen LogP contribution in [-0.4, -0.2) is 25.8 Å². The Balaban J connectivity index is 2.88. The van der Waals surface area contributed by atoms with Crippen LogP contribution in [0.1, 0.15) is 13.8 Å². The second kappa shape index (κ2) is 5.98. The van der Waals surface area contributed by atoms with Crippen molar-refractivity contribution in [1.82, 2.24) is 0 Å². The van der Waals surface area contributed by atoms with Crippen molar-refractivity contribution in [2.75, 3.05) is 25.6 Å². The molecule has 0 fully saturated rings. The summed E-state index contributed by atoms with van der Waals surface area (Å²) in [6.45, 7) is 5.14. The highest BCUT2D eigenvalue weighted by atomic mass is 19.1. The summed E-state index contributed by atoms with van der Waals surface area (Å²) in [7, 11) is 1.65. The molecule has 0 bridgehead atoms. The van der Waals surface area contributed by atoms with Crippen LogP contribution in [0.25, 0.3) is 0 Å². The van der Waals surface area contributed by atoms with Gasteiger partial charge in [-0.05, 0) is 30.2 Å². The van der Waals surface area contributed by atoms with Gasteiger partial charge in [-0.15, -0.1) is 0 Å². The van der Waals surface area contributed by atoms with E-state index in [1.54, 1.807) is 19.2 Å². The first-order chi connectivity index (χ1) is 8.04. The molecule has 1 rings (SSSR count). The molecule has 0 saturated carbocycles. The third-order valence-corrected chi connectivity index (χ3v) is 3.11. The number of methoxy groups -OCH3 is 1. The summed E-state index contributed by atoms with van der Waals surface area (Å²) >= 11 is 0. The van der Waals surface area contributed by atoms with Gasteiger partial charge in [-0.3, -0.25) is 0 Å². The number of rotatable bonds is 6. The normalized spacial score (nSPS) is 14.7. The monoisotopic (exact) mass is 240 g/mol. The lowest BCUT2D eigenvalue weighted by atomic mass is 9.86. The minimum atomic E-state index is -0.327. The predicted octanol–water partition coefficient (Wildman–Crippen LogP) is 2.24. The summed E-state index contributed by atoms with van der Waals surface area (Å²) in [6, 6.07) is 6.27. The Labute approximate surface area is 102 Å². The highest BCUT2D eigenvalue weighted by molar-refractivity contribution is 5.46. The molecular weight excluding hydrogens is 219 g/mol. The van der Waals surface area contributed by atoms with Crippen LogP contribution in [0, 0.1) is 11.7 Å². The van der Waals surface area contributed by atoms with Crippen LogP contribution in [0.3, 0.4) is 0 Å². The van der Waals surface area contributed by atoms with E-state index in [0.29, 0.717) is 19.1 Å². The zero-order chi connectivity index (χ0) is 12.9. The van der Waals surface area contributed by atoms with Gasteiger partial charge in [-0.25, -0.2) is 4.39 Å². The van der Waals surface area contributed by atoms with Crippen LogP contribution in [-0.2, 0) is 4.74 Å². The lowest BCUT2D eigenvalue weighted by Gasteiger charge is -2.37. The fourth-order valence-corrected chi connectivity index (χ4v) is 1.77. The molecule has 0 aliphatic heterocycles. The van der Waals surface area contributed by atoms with Gasteiger partial charge in [-0.2, -0.15) is 0 Å². The van der Waals surface area contributed by atoms with Crippen molar-refractivity contribution < 1.29 is 9.13 Å². The average Bonchev–Trinajstić information content (AvgIpc) is 2.31. The van der Waals surface area contributed by atoms with Gasteiger partial charge in [0.05, 0.1) is 12.1 Å². The Morgan fingerprint density at radius 2 is 1.94 bits per heavy atom. The minimum absolute atomic E-state index is 0.245. The zero-order valence-corrected chi connectivity index (χ0v) is 10.7. The van der Waals surface area contributed by atoms with E-state index in [2.05, 4.69) is 19.2 Å². The van der Waals surface area contributed by atoms with E-state index >= 15 is 0 Å². The summed E-state index contributed by atoms with van der Waals surface area (Å²) < 4.78 is 18.1. The van der Waals surface area contributed by atoms with Gasteiger partial charge in [-0.1, -0.05) is 13.8 Å². The molecule has 1 aromatic carbocycles. The number of ether oxygens (including phenoxy) is 1. The van der Waals surface area contributed by atoms with E-state index in [0.717, 1.165) is 5.69 Å². The van der Waals surface area contributed by atoms with Crippen LogP contribution in [0.5, 0.6) is 0 Å². The molecule has 0 radical (unpaired) electrons. The summed E-state index contributed by atoms with van der Waals surface area (Å²) in [6.07, 6.45) is 0. The van der Waals surface area contributed by atoms with Gasteiger partial charge in [0.15, 0.2) is 0 Å². The van der Waals surface area contributed by atoms with Crippen molar-refractivity contribution in [3.05, 3.63) is 30.1 Å². The van der Waals surface area contributed by atoms with E-state index in [1.807, 2.05) is 0 Å². The van der Waals surface area contributed by atoms with Gasteiger partial charge in [0.2, 0.25) is 0 Å². The number of benzene rings is 1. The summed E-state index contributed by atoms with van der Waals surface area (Å²) in [4.78, 5) is 0. The van der Waals surface area contributed by atoms with E-state index in [9.17, 15) is 4.39 Å². The minimum Gasteiger partial charge on any atom is -0.382 e. The lowest BCUT2D eigenvalue weighted by molar-refractivity contribution is 0.121.